The standard InChI is InChI=1S/C15H19N3/c1-10-17-9-14(18(10)2)15(16)13-8-7-11-5-3-4-6-12(11)13/h3-6,9,13,15H,7-8,16H2,1-2H3. The van der Waals surface area contributed by atoms with Crippen LogP contribution in [0.4, 0.5) is 0 Å². The molecule has 0 bridgehead atoms. The lowest BCUT2D eigenvalue weighted by atomic mass is 9.92. The molecule has 1 aromatic heterocycles. The maximum Gasteiger partial charge on any atom is 0.105 e. The molecule has 2 atom stereocenters. The molecule has 1 aliphatic rings. The molecule has 0 radical (unpaired) electrons. The highest BCUT2D eigenvalue weighted by Gasteiger charge is 2.29. The van der Waals surface area contributed by atoms with Crippen molar-refractivity contribution in [3.63, 3.8) is 0 Å². The number of imidazole rings is 1. The molecule has 0 saturated carbocycles. The molecule has 18 heavy (non-hydrogen) atoms. The predicted octanol–water partition coefficient (Wildman–Crippen LogP) is 2.46. The first-order valence-corrected chi connectivity index (χ1v) is 6.50. The maximum atomic E-state index is 6.47. The van der Waals surface area contributed by atoms with E-state index in [0.717, 1.165) is 24.4 Å². The highest BCUT2D eigenvalue weighted by atomic mass is 15.1. The van der Waals surface area contributed by atoms with E-state index in [9.17, 15) is 0 Å². The van der Waals surface area contributed by atoms with E-state index in [-0.39, 0.29) is 6.04 Å². The minimum Gasteiger partial charge on any atom is -0.334 e. The predicted molar refractivity (Wildman–Crippen MR) is 72.4 cm³/mol. The zero-order chi connectivity index (χ0) is 12.7. The Balaban J connectivity index is 1.95. The van der Waals surface area contributed by atoms with Crippen LogP contribution in [0.5, 0.6) is 0 Å². The van der Waals surface area contributed by atoms with Gasteiger partial charge in [0.2, 0.25) is 0 Å². The molecule has 0 aliphatic heterocycles. The van der Waals surface area contributed by atoms with Crippen LogP contribution in [0, 0.1) is 6.92 Å². The molecule has 3 heteroatoms. The molecule has 0 spiro atoms. The van der Waals surface area contributed by atoms with Crippen molar-refractivity contribution in [3.05, 3.63) is 53.1 Å². The van der Waals surface area contributed by atoms with Crippen molar-refractivity contribution in [2.45, 2.75) is 31.7 Å². The second-order valence-corrected chi connectivity index (χ2v) is 5.16. The molecule has 94 valence electrons. The summed E-state index contributed by atoms with van der Waals surface area (Å²) >= 11 is 0. The lowest BCUT2D eigenvalue weighted by Gasteiger charge is -2.21. The van der Waals surface area contributed by atoms with Crippen LogP contribution in [0.3, 0.4) is 0 Å². The van der Waals surface area contributed by atoms with Gasteiger partial charge in [0.25, 0.3) is 0 Å². The Morgan fingerprint density at radius 3 is 2.89 bits per heavy atom. The summed E-state index contributed by atoms with van der Waals surface area (Å²) in [7, 11) is 2.04. The molecule has 0 amide bonds. The Morgan fingerprint density at radius 2 is 2.17 bits per heavy atom. The van der Waals surface area contributed by atoms with Crippen molar-refractivity contribution in [2.75, 3.05) is 0 Å². The average molecular weight is 241 g/mol. The summed E-state index contributed by atoms with van der Waals surface area (Å²) in [5.41, 5.74) is 10.5. The number of aromatic nitrogens is 2. The number of hydrogen-bond donors (Lipinski definition) is 1. The molecule has 1 heterocycles. The largest absolute Gasteiger partial charge is 0.334 e. The van der Waals surface area contributed by atoms with Gasteiger partial charge in [0.15, 0.2) is 0 Å². The highest BCUT2D eigenvalue weighted by Crippen LogP contribution is 2.40. The molecule has 1 aromatic carbocycles. The highest BCUT2D eigenvalue weighted by molar-refractivity contribution is 5.37. The molecule has 3 rings (SSSR count). The number of benzene rings is 1. The van der Waals surface area contributed by atoms with Gasteiger partial charge in [-0.25, -0.2) is 4.98 Å². The van der Waals surface area contributed by atoms with Gasteiger partial charge in [0.05, 0.1) is 17.9 Å². The molecule has 3 nitrogen and oxygen atoms in total. The fourth-order valence-corrected chi connectivity index (χ4v) is 3.00. The van der Waals surface area contributed by atoms with Gasteiger partial charge < -0.3 is 10.3 Å². The SMILES string of the molecule is Cc1ncc(C(N)C2CCc3ccccc32)n1C. The first kappa shape index (κ1) is 11.5. The van der Waals surface area contributed by atoms with Crippen molar-refractivity contribution in [3.8, 4) is 0 Å². The Morgan fingerprint density at radius 1 is 1.39 bits per heavy atom. The van der Waals surface area contributed by atoms with Crippen molar-refractivity contribution in [1.29, 1.82) is 0 Å². The van der Waals surface area contributed by atoms with Crippen molar-refractivity contribution < 1.29 is 0 Å². The van der Waals surface area contributed by atoms with Gasteiger partial charge in [-0.05, 0) is 30.9 Å². The van der Waals surface area contributed by atoms with Crippen LogP contribution >= 0.6 is 0 Å². The Kier molecular flexibility index (Phi) is 2.71. The number of fused-ring (bicyclic) bond motifs is 1. The summed E-state index contributed by atoms with van der Waals surface area (Å²) in [5.74, 6) is 1.45. The summed E-state index contributed by atoms with van der Waals surface area (Å²) in [5, 5.41) is 0. The Bertz CT molecular complexity index is 571. The third-order valence-corrected chi connectivity index (χ3v) is 4.21. The van der Waals surface area contributed by atoms with E-state index in [2.05, 4.69) is 33.8 Å². The number of hydrogen-bond acceptors (Lipinski definition) is 2. The summed E-state index contributed by atoms with van der Waals surface area (Å²) in [6.07, 6.45) is 4.21. The molecular weight excluding hydrogens is 222 g/mol. The quantitative estimate of drug-likeness (QED) is 0.877. The first-order chi connectivity index (χ1) is 8.68. The Labute approximate surface area is 108 Å². The van der Waals surface area contributed by atoms with Crippen LogP contribution < -0.4 is 5.73 Å². The molecule has 2 unspecified atom stereocenters. The molecular formula is C15H19N3. The van der Waals surface area contributed by atoms with E-state index >= 15 is 0 Å². The van der Waals surface area contributed by atoms with Crippen LogP contribution in [-0.4, -0.2) is 9.55 Å². The minimum atomic E-state index is 0.0415. The van der Waals surface area contributed by atoms with Gasteiger partial charge in [-0.2, -0.15) is 0 Å². The van der Waals surface area contributed by atoms with E-state index < -0.39 is 0 Å². The maximum absolute atomic E-state index is 6.47. The molecule has 2 N–H and O–H groups in total. The number of nitrogens with zero attached hydrogens (tertiary/aromatic N) is 2. The third kappa shape index (κ3) is 1.66. The number of nitrogens with two attached hydrogens (primary N) is 1. The van der Waals surface area contributed by atoms with E-state index in [1.165, 1.54) is 11.1 Å². The third-order valence-electron chi connectivity index (χ3n) is 4.21. The van der Waals surface area contributed by atoms with E-state index in [4.69, 9.17) is 5.73 Å². The van der Waals surface area contributed by atoms with Crippen LogP contribution in [0.1, 0.15) is 41.0 Å². The zero-order valence-corrected chi connectivity index (χ0v) is 10.9. The smallest absolute Gasteiger partial charge is 0.105 e. The van der Waals surface area contributed by atoms with Crippen molar-refractivity contribution in [1.82, 2.24) is 9.55 Å². The summed E-state index contributed by atoms with van der Waals surface area (Å²) in [6, 6.07) is 8.70. The van der Waals surface area contributed by atoms with Crippen molar-refractivity contribution >= 4 is 0 Å². The zero-order valence-electron chi connectivity index (χ0n) is 10.9. The van der Waals surface area contributed by atoms with Crippen LogP contribution in [0.2, 0.25) is 0 Å². The molecule has 0 saturated heterocycles. The van der Waals surface area contributed by atoms with Gasteiger partial charge in [-0.15, -0.1) is 0 Å². The van der Waals surface area contributed by atoms with E-state index in [1.54, 1.807) is 0 Å². The monoisotopic (exact) mass is 241 g/mol. The summed E-state index contributed by atoms with van der Waals surface area (Å²) in [4.78, 5) is 4.35. The number of aryl methyl sites for hydroxylation is 2. The van der Waals surface area contributed by atoms with Crippen LogP contribution in [-0.2, 0) is 13.5 Å². The molecule has 1 aliphatic carbocycles. The van der Waals surface area contributed by atoms with E-state index in [0.29, 0.717) is 5.92 Å². The summed E-state index contributed by atoms with van der Waals surface area (Å²) in [6.45, 7) is 2.01. The number of rotatable bonds is 2. The van der Waals surface area contributed by atoms with Gasteiger partial charge in [-0.1, -0.05) is 24.3 Å². The fourth-order valence-electron chi connectivity index (χ4n) is 3.00. The Hall–Kier alpha value is -1.61. The molecule has 0 fully saturated rings. The van der Waals surface area contributed by atoms with Gasteiger partial charge in [0.1, 0.15) is 5.82 Å². The van der Waals surface area contributed by atoms with Crippen molar-refractivity contribution in [2.24, 2.45) is 12.8 Å². The average Bonchev–Trinajstić information content (AvgIpc) is 2.94. The second-order valence-electron chi connectivity index (χ2n) is 5.16. The van der Waals surface area contributed by atoms with Gasteiger partial charge >= 0.3 is 0 Å². The molecule has 2 aromatic rings. The van der Waals surface area contributed by atoms with E-state index in [1.807, 2.05) is 20.2 Å². The fraction of sp³-hybridized carbons (Fsp3) is 0.400. The summed E-state index contributed by atoms with van der Waals surface area (Å²) < 4.78 is 2.10. The first-order valence-electron chi connectivity index (χ1n) is 6.50. The topological polar surface area (TPSA) is 43.8 Å². The van der Waals surface area contributed by atoms with Crippen LogP contribution in [0.15, 0.2) is 30.5 Å². The lowest BCUT2D eigenvalue weighted by Crippen LogP contribution is -2.21. The normalized spacial score (nSPS) is 19.8. The minimum absolute atomic E-state index is 0.0415. The van der Waals surface area contributed by atoms with Gasteiger partial charge in [-0.3, -0.25) is 0 Å². The van der Waals surface area contributed by atoms with Crippen LogP contribution in [0.25, 0.3) is 0 Å². The lowest BCUT2D eigenvalue weighted by molar-refractivity contribution is 0.522. The second kappa shape index (κ2) is 4.25. The van der Waals surface area contributed by atoms with Gasteiger partial charge in [0, 0.05) is 13.0 Å².